The van der Waals surface area contributed by atoms with Crippen LogP contribution in [0, 0.1) is 16.7 Å². The predicted octanol–water partition coefficient (Wildman–Crippen LogP) is 1.93. The molecule has 0 amide bonds. The molecule has 1 aliphatic heterocycles. The van der Waals surface area contributed by atoms with E-state index in [1.807, 2.05) is 13.8 Å². The van der Waals surface area contributed by atoms with Gasteiger partial charge in [-0.25, -0.2) is 0 Å². The van der Waals surface area contributed by atoms with Gasteiger partial charge in [-0.15, -0.1) is 0 Å². The van der Waals surface area contributed by atoms with Crippen LogP contribution in [0.15, 0.2) is 0 Å². The number of fused-ring (bicyclic) bond motifs is 2. The van der Waals surface area contributed by atoms with E-state index in [-0.39, 0.29) is 23.3 Å². The maximum atomic E-state index is 11.7. The van der Waals surface area contributed by atoms with Gasteiger partial charge in [-0.2, -0.15) is 0 Å². The van der Waals surface area contributed by atoms with Gasteiger partial charge in [0.05, 0.1) is 11.3 Å². The van der Waals surface area contributed by atoms with Crippen LogP contribution in [0.3, 0.4) is 0 Å². The van der Waals surface area contributed by atoms with Crippen LogP contribution in [-0.2, 0) is 14.3 Å². The normalized spacial score (nSPS) is 46.6. The smallest absolute Gasteiger partial charge is 0.320 e. The lowest BCUT2D eigenvalue weighted by atomic mass is 9.64. The van der Waals surface area contributed by atoms with E-state index in [1.54, 1.807) is 0 Å². The van der Waals surface area contributed by atoms with E-state index in [0.717, 1.165) is 17.3 Å². The average molecular weight is 308 g/mol. The number of carbonyl (C=O) groups is 2. The van der Waals surface area contributed by atoms with E-state index in [0.29, 0.717) is 0 Å². The van der Waals surface area contributed by atoms with E-state index < -0.39 is 5.41 Å². The number of cyclic esters (lactones) is 2. The number of rotatable bonds is 1. The number of ether oxygens (including phenoxy) is 1. The third kappa shape index (κ3) is 0.978. The van der Waals surface area contributed by atoms with Crippen LogP contribution in [0.2, 0.25) is 0 Å². The zero-order chi connectivity index (χ0) is 10.6. The summed E-state index contributed by atoms with van der Waals surface area (Å²) in [5.41, 5.74) is -0.660. The van der Waals surface area contributed by atoms with Crippen molar-refractivity contribution >= 4 is 34.5 Å². The van der Waals surface area contributed by atoms with E-state index in [4.69, 9.17) is 4.74 Å². The third-order valence-electron chi connectivity index (χ3n) is 4.17. The molecule has 1 saturated carbocycles. The van der Waals surface area contributed by atoms with Crippen molar-refractivity contribution in [1.29, 1.82) is 0 Å². The Morgan fingerprint density at radius 3 is 2.71 bits per heavy atom. The minimum atomic E-state index is -0.452. The van der Waals surface area contributed by atoms with E-state index in [9.17, 15) is 9.59 Å². The molecule has 2 fully saturated rings. The minimum Gasteiger partial charge on any atom is -0.392 e. The Balaban J connectivity index is 2.51. The SMILES string of the molecule is C[C@]12CC[C@@H](C(=O)OC1=O)[C@]2(C)CI. The zero-order valence-electron chi connectivity index (χ0n) is 8.30. The molecule has 14 heavy (non-hydrogen) atoms. The third-order valence-corrected chi connectivity index (χ3v) is 5.75. The second-order valence-electron chi connectivity index (χ2n) is 4.68. The largest absolute Gasteiger partial charge is 0.392 e. The lowest BCUT2D eigenvalue weighted by molar-refractivity contribution is -0.184. The number of hydrogen-bond donors (Lipinski definition) is 0. The number of alkyl halides is 1. The van der Waals surface area contributed by atoms with Crippen LogP contribution in [0.5, 0.6) is 0 Å². The van der Waals surface area contributed by atoms with Gasteiger partial charge < -0.3 is 4.74 Å². The Morgan fingerprint density at radius 2 is 2.14 bits per heavy atom. The van der Waals surface area contributed by atoms with Gasteiger partial charge in [0, 0.05) is 9.84 Å². The first-order valence-corrected chi connectivity index (χ1v) is 6.30. The number of esters is 2. The molecule has 0 N–H and O–H groups in total. The van der Waals surface area contributed by atoms with Crippen molar-refractivity contribution in [1.82, 2.24) is 0 Å². The second kappa shape index (κ2) is 2.93. The number of carbonyl (C=O) groups excluding carboxylic acids is 2. The van der Waals surface area contributed by atoms with Crippen LogP contribution < -0.4 is 0 Å². The fourth-order valence-electron chi connectivity index (χ4n) is 2.65. The quantitative estimate of drug-likeness (QED) is 0.322. The number of hydrogen-bond acceptors (Lipinski definition) is 3. The van der Waals surface area contributed by atoms with Gasteiger partial charge in [0.25, 0.3) is 0 Å². The standard InChI is InChI=1S/C10H13IO3/c1-9-4-3-6(10(9,2)5-11)7(12)14-8(9)13/h6H,3-5H2,1-2H3/t6-,9-,10-/m0/s1. The van der Waals surface area contributed by atoms with Crippen molar-refractivity contribution in [3.05, 3.63) is 0 Å². The predicted molar refractivity (Wildman–Crippen MR) is 58.9 cm³/mol. The van der Waals surface area contributed by atoms with Gasteiger partial charge in [0.1, 0.15) is 0 Å². The summed E-state index contributed by atoms with van der Waals surface area (Å²) >= 11 is 2.26. The van der Waals surface area contributed by atoms with Crippen molar-refractivity contribution in [2.45, 2.75) is 26.7 Å². The highest BCUT2D eigenvalue weighted by Gasteiger charge is 2.65. The molecular formula is C10H13IO3. The summed E-state index contributed by atoms with van der Waals surface area (Å²) in [4.78, 5) is 23.2. The van der Waals surface area contributed by atoms with Crippen molar-refractivity contribution in [2.24, 2.45) is 16.7 Å². The topological polar surface area (TPSA) is 43.4 Å². The molecular weight excluding hydrogens is 295 g/mol. The van der Waals surface area contributed by atoms with Crippen LogP contribution in [0.4, 0.5) is 0 Å². The molecule has 0 aromatic rings. The van der Waals surface area contributed by atoms with Crippen LogP contribution in [-0.4, -0.2) is 16.4 Å². The van der Waals surface area contributed by atoms with E-state index in [2.05, 4.69) is 22.6 Å². The maximum absolute atomic E-state index is 11.7. The molecule has 0 unspecified atom stereocenters. The van der Waals surface area contributed by atoms with Crippen LogP contribution in [0.25, 0.3) is 0 Å². The molecule has 0 radical (unpaired) electrons. The number of halogens is 1. The zero-order valence-corrected chi connectivity index (χ0v) is 10.5. The van der Waals surface area contributed by atoms with Gasteiger partial charge in [-0.05, 0) is 19.8 Å². The van der Waals surface area contributed by atoms with Crippen molar-refractivity contribution in [3.63, 3.8) is 0 Å². The summed E-state index contributed by atoms with van der Waals surface area (Å²) in [6.07, 6.45) is 1.57. The summed E-state index contributed by atoms with van der Waals surface area (Å²) in [7, 11) is 0. The Kier molecular flexibility index (Phi) is 2.18. The first-order chi connectivity index (χ1) is 6.45. The van der Waals surface area contributed by atoms with Gasteiger partial charge in [-0.3, -0.25) is 9.59 Å². The van der Waals surface area contributed by atoms with E-state index in [1.165, 1.54) is 0 Å². The summed E-state index contributed by atoms with van der Waals surface area (Å²) in [6, 6.07) is 0. The summed E-state index contributed by atoms with van der Waals surface area (Å²) in [5, 5.41) is 0. The first-order valence-electron chi connectivity index (χ1n) is 4.78. The lowest BCUT2D eigenvalue weighted by Crippen LogP contribution is -2.52. The molecule has 0 aromatic carbocycles. The molecule has 0 aromatic heterocycles. The van der Waals surface area contributed by atoms with Gasteiger partial charge in [-0.1, -0.05) is 29.5 Å². The van der Waals surface area contributed by atoms with Gasteiger partial charge >= 0.3 is 11.9 Å². The average Bonchev–Trinajstić information content (AvgIpc) is 2.34. The molecule has 3 atom stereocenters. The highest BCUT2D eigenvalue weighted by molar-refractivity contribution is 14.1. The molecule has 78 valence electrons. The summed E-state index contributed by atoms with van der Waals surface area (Å²) < 4.78 is 5.62. The maximum Gasteiger partial charge on any atom is 0.320 e. The van der Waals surface area contributed by atoms with Gasteiger partial charge in [0.2, 0.25) is 0 Å². The van der Waals surface area contributed by atoms with Crippen LogP contribution in [0.1, 0.15) is 26.7 Å². The Labute approximate surface area is 96.7 Å². The monoisotopic (exact) mass is 308 g/mol. The summed E-state index contributed by atoms with van der Waals surface area (Å²) in [6.45, 7) is 3.97. The molecule has 1 saturated heterocycles. The highest BCUT2D eigenvalue weighted by atomic mass is 127. The Hall–Kier alpha value is -0.130. The Bertz CT molecular complexity index is 314. The van der Waals surface area contributed by atoms with Gasteiger partial charge in [0.15, 0.2) is 0 Å². The lowest BCUT2D eigenvalue weighted by Gasteiger charge is -2.43. The molecule has 3 nitrogen and oxygen atoms in total. The summed E-state index contributed by atoms with van der Waals surface area (Å²) in [5.74, 6) is -0.721. The molecule has 0 spiro atoms. The fourth-order valence-corrected chi connectivity index (χ4v) is 4.02. The van der Waals surface area contributed by atoms with Crippen LogP contribution >= 0.6 is 22.6 Å². The molecule has 2 rings (SSSR count). The molecule has 2 aliphatic rings. The second-order valence-corrected chi connectivity index (χ2v) is 5.45. The molecule has 4 heteroatoms. The molecule has 2 bridgehead atoms. The molecule has 1 aliphatic carbocycles. The van der Waals surface area contributed by atoms with E-state index >= 15 is 0 Å². The van der Waals surface area contributed by atoms with Crippen molar-refractivity contribution in [3.8, 4) is 0 Å². The van der Waals surface area contributed by atoms with Crippen molar-refractivity contribution < 1.29 is 14.3 Å². The first kappa shape index (κ1) is 10.4. The molecule has 1 heterocycles. The Morgan fingerprint density at radius 1 is 1.50 bits per heavy atom. The fraction of sp³-hybridized carbons (Fsp3) is 0.800. The highest BCUT2D eigenvalue weighted by Crippen LogP contribution is 2.60. The van der Waals surface area contributed by atoms with Crippen molar-refractivity contribution in [2.75, 3.05) is 4.43 Å². The minimum absolute atomic E-state index is 0.0814.